The molecule has 2 unspecified atom stereocenters. The molecule has 0 fully saturated rings. The molecular formula is C33H27ClN2O7. The third kappa shape index (κ3) is 7.20. The number of carbonyl (C=O) groups is 4. The van der Waals surface area contributed by atoms with E-state index in [1.807, 2.05) is 12.1 Å². The molecule has 0 saturated heterocycles. The van der Waals surface area contributed by atoms with E-state index in [1.165, 1.54) is 0 Å². The number of aliphatic carboxylic acids is 1. The minimum absolute atomic E-state index is 0.0444. The highest BCUT2D eigenvalue weighted by molar-refractivity contribution is 6.30. The molecule has 0 aliphatic carbocycles. The maximum Gasteiger partial charge on any atom is 0.307 e. The van der Waals surface area contributed by atoms with Crippen molar-refractivity contribution in [1.82, 2.24) is 5.32 Å². The molecule has 5 rings (SSSR count). The van der Waals surface area contributed by atoms with Crippen molar-refractivity contribution in [3.63, 3.8) is 0 Å². The molecule has 2 atom stereocenters. The molecular weight excluding hydrogens is 572 g/mol. The molecule has 0 bridgehead atoms. The molecule has 1 aliphatic rings. The van der Waals surface area contributed by atoms with Gasteiger partial charge in [0.1, 0.15) is 6.04 Å². The summed E-state index contributed by atoms with van der Waals surface area (Å²) >= 11 is 5.95. The van der Waals surface area contributed by atoms with E-state index >= 15 is 0 Å². The fourth-order valence-electron chi connectivity index (χ4n) is 4.72. The number of carbonyl (C=O) groups excluding carboxylic acids is 3. The Morgan fingerprint density at radius 1 is 0.791 bits per heavy atom. The van der Waals surface area contributed by atoms with Crippen molar-refractivity contribution in [2.45, 2.75) is 18.9 Å². The number of hydrogen-bond donors (Lipinski definition) is 3. The van der Waals surface area contributed by atoms with Crippen molar-refractivity contribution in [2.75, 3.05) is 12.1 Å². The summed E-state index contributed by atoms with van der Waals surface area (Å²) in [6.07, 6.45) is -0.924. The zero-order valence-electron chi connectivity index (χ0n) is 22.8. The molecule has 0 saturated carbocycles. The highest BCUT2D eigenvalue weighted by Crippen LogP contribution is 2.39. The zero-order valence-corrected chi connectivity index (χ0v) is 23.5. The summed E-state index contributed by atoms with van der Waals surface area (Å²) in [5.41, 5.74) is 2.95. The van der Waals surface area contributed by atoms with Gasteiger partial charge >= 0.3 is 5.97 Å². The van der Waals surface area contributed by atoms with Gasteiger partial charge in [-0.2, -0.15) is 0 Å². The van der Waals surface area contributed by atoms with Crippen LogP contribution in [0.4, 0.5) is 5.69 Å². The second-order valence-electron chi connectivity index (χ2n) is 9.89. The molecule has 3 N–H and O–H groups in total. The van der Waals surface area contributed by atoms with E-state index in [2.05, 4.69) is 10.6 Å². The van der Waals surface area contributed by atoms with Crippen LogP contribution in [0.2, 0.25) is 5.02 Å². The van der Waals surface area contributed by atoms with E-state index in [9.17, 15) is 24.3 Å². The minimum Gasteiger partial charge on any atom is -0.481 e. The molecule has 10 heteroatoms. The SMILES string of the molecule is O=C(CC(CC(=O)c1ccc(-c2ccc(Cl)cc2)cc1)C(=O)O)NC(C(=O)Nc1ccccc1)c1cccc2c1OCO2. The van der Waals surface area contributed by atoms with Gasteiger partial charge < -0.3 is 25.2 Å². The van der Waals surface area contributed by atoms with Crippen molar-refractivity contribution in [3.05, 3.63) is 113 Å². The maximum atomic E-state index is 13.4. The molecule has 218 valence electrons. The molecule has 9 nitrogen and oxygen atoms in total. The average molecular weight is 599 g/mol. The van der Waals surface area contributed by atoms with Crippen LogP contribution in [0.15, 0.2) is 97.1 Å². The zero-order chi connectivity index (χ0) is 30.3. The van der Waals surface area contributed by atoms with Gasteiger partial charge in [0, 0.05) is 34.7 Å². The number of para-hydroxylation sites is 2. The maximum absolute atomic E-state index is 13.4. The summed E-state index contributed by atoms with van der Waals surface area (Å²) in [7, 11) is 0. The van der Waals surface area contributed by atoms with Crippen molar-refractivity contribution in [2.24, 2.45) is 5.92 Å². The Morgan fingerprint density at radius 3 is 2.14 bits per heavy atom. The summed E-state index contributed by atoms with van der Waals surface area (Å²) in [6.45, 7) is -0.0444. The lowest BCUT2D eigenvalue weighted by Gasteiger charge is -2.21. The third-order valence-electron chi connectivity index (χ3n) is 6.94. The molecule has 4 aromatic carbocycles. The quantitative estimate of drug-likeness (QED) is 0.183. The number of carboxylic acid groups (broad SMARTS) is 1. The van der Waals surface area contributed by atoms with Crippen LogP contribution in [0.1, 0.15) is 34.8 Å². The smallest absolute Gasteiger partial charge is 0.307 e. The fourth-order valence-corrected chi connectivity index (χ4v) is 4.85. The first-order chi connectivity index (χ1) is 20.8. The highest BCUT2D eigenvalue weighted by atomic mass is 35.5. The van der Waals surface area contributed by atoms with Crippen LogP contribution in [0, 0.1) is 5.92 Å². The number of carboxylic acids is 1. The number of nitrogens with one attached hydrogen (secondary N) is 2. The van der Waals surface area contributed by atoms with E-state index in [4.69, 9.17) is 21.1 Å². The number of Topliss-reactive ketones (excluding diaryl/α,β-unsaturated/α-hetero) is 1. The Balaban J connectivity index is 1.29. The summed E-state index contributed by atoms with van der Waals surface area (Å²) in [4.78, 5) is 51.7. The lowest BCUT2D eigenvalue weighted by molar-refractivity contribution is -0.144. The summed E-state index contributed by atoms with van der Waals surface area (Å²) in [5, 5.41) is 15.9. The van der Waals surface area contributed by atoms with Gasteiger partial charge in [0.15, 0.2) is 17.3 Å². The molecule has 2 amide bonds. The lowest BCUT2D eigenvalue weighted by atomic mass is 9.93. The van der Waals surface area contributed by atoms with Gasteiger partial charge in [0.2, 0.25) is 12.7 Å². The van der Waals surface area contributed by atoms with E-state index in [0.29, 0.717) is 33.3 Å². The number of anilines is 1. The predicted octanol–water partition coefficient (Wildman–Crippen LogP) is 5.90. The first kappa shape index (κ1) is 29.3. The van der Waals surface area contributed by atoms with Gasteiger partial charge in [-0.15, -0.1) is 0 Å². The van der Waals surface area contributed by atoms with Crippen molar-refractivity contribution >= 4 is 40.9 Å². The predicted molar refractivity (Wildman–Crippen MR) is 160 cm³/mol. The van der Waals surface area contributed by atoms with E-state index < -0.39 is 48.4 Å². The Labute approximate surface area is 252 Å². The summed E-state index contributed by atoms with van der Waals surface area (Å²) in [6, 6.07) is 26.4. The van der Waals surface area contributed by atoms with Crippen LogP contribution in [-0.2, 0) is 14.4 Å². The Bertz CT molecular complexity index is 1640. The topological polar surface area (TPSA) is 131 Å². The number of fused-ring (bicyclic) bond motifs is 1. The van der Waals surface area contributed by atoms with E-state index in [1.54, 1.807) is 84.9 Å². The van der Waals surface area contributed by atoms with Crippen LogP contribution < -0.4 is 20.1 Å². The Hall–Kier alpha value is -5.15. The minimum atomic E-state index is -1.32. The first-order valence-corrected chi connectivity index (χ1v) is 13.8. The van der Waals surface area contributed by atoms with Gasteiger partial charge in [-0.25, -0.2) is 0 Å². The van der Waals surface area contributed by atoms with Crippen LogP contribution >= 0.6 is 11.6 Å². The fraction of sp³-hybridized carbons (Fsp3) is 0.152. The molecule has 1 heterocycles. The number of halogens is 1. The second kappa shape index (κ2) is 13.2. The summed E-state index contributed by atoms with van der Waals surface area (Å²) < 4.78 is 11.0. The largest absolute Gasteiger partial charge is 0.481 e. The molecule has 43 heavy (non-hydrogen) atoms. The van der Waals surface area contributed by atoms with Gasteiger partial charge in [-0.05, 0) is 41.5 Å². The number of hydrogen-bond acceptors (Lipinski definition) is 6. The lowest BCUT2D eigenvalue weighted by Crippen LogP contribution is -2.38. The van der Waals surface area contributed by atoms with Crippen LogP contribution in [0.3, 0.4) is 0 Å². The third-order valence-corrected chi connectivity index (χ3v) is 7.20. The van der Waals surface area contributed by atoms with Gasteiger partial charge in [-0.3, -0.25) is 19.2 Å². The first-order valence-electron chi connectivity index (χ1n) is 13.4. The standard InChI is InChI=1S/C33H27ClN2O7/c34-24-15-13-21(14-16-24)20-9-11-22(12-10-20)27(37)17-23(33(40)41)18-29(38)36-30(32(39)35-25-5-2-1-3-6-25)26-7-4-8-28-31(26)43-19-42-28/h1-16,23,30H,17-19H2,(H,35,39)(H,36,38)(H,40,41). The van der Waals surface area contributed by atoms with Crippen LogP contribution in [-0.4, -0.2) is 35.5 Å². The molecule has 0 radical (unpaired) electrons. The average Bonchev–Trinajstić information content (AvgIpc) is 3.50. The van der Waals surface area contributed by atoms with Crippen LogP contribution in [0.25, 0.3) is 11.1 Å². The molecule has 0 aromatic heterocycles. The van der Waals surface area contributed by atoms with Gasteiger partial charge in [0.05, 0.1) is 5.92 Å². The summed E-state index contributed by atoms with van der Waals surface area (Å²) in [5.74, 6) is -3.60. The monoisotopic (exact) mass is 598 g/mol. The molecule has 1 aliphatic heterocycles. The van der Waals surface area contributed by atoms with E-state index in [0.717, 1.165) is 11.1 Å². The normalized spacial score (nSPS) is 13.0. The van der Waals surface area contributed by atoms with Crippen molar-refractivity contribution in [3.8, 4) is 22.6 Å². The molecule has 0 spiro atoms. The highest BCUT2D eigenvalue weighted by Gasteiger charge is 2.32. The Morgan fingerprint density at radius 2 is 1.47 bits per heavy atom. The second-order valence-corrected chi connectivity index (χ2v) is 10.3. The number of amides is 2. The number of ether oxygens (including phenoxy) is 2. The Kier molecular flexibility index (Phi) is 9.02. The van der Waals surface area contributed by atoms with E-state index in [-0.39, 0.29) is 6.79 Å². The van der Waals surface area contributed by atoms with Crippen molar-refractivity contribution < 1.29 is 33.8 Å². The number of benzene rings is 4. The number of rotatable bonds is 11. The molecule has 4 aromatic rings. The number of ketones is 1. The van der Waals surface area contributed by atoms with Gasteiger partial charge in [-0.1, -0.05) is 78.3 Å². The van der Waals surface area contributed by atoms with Crippen LogP contribution in [0.5, 0.6) is 11.5 Å². The van der Waals surface area contributed by atoms with Crippen molar-refractivity contribution in [1.29, 1.82) is 0 Å². The van der Waals surface area contributed by atoms with Gasteiger partial charge in [0.25, 0.3) is 5.91 Å².